The second kappa shape index (κ2) is 5.32. The van der Waals surface area contributed by atoms with Crippen LogP contribution >= 0.6 is 11.3 Å². The van der Waals surface area contributed by atoms with Crippen LogP contribution in [-0.4, -0.2) is 14.1 Å². The van der Waals surface area contributed by atoms with E-state index < -0.39 is 10.0 Å². The number of hydrazone groups is 1. The third-order valence-corrected chi connectivity index (χ3v) is 4.47. The summed E-state index contributed by atoms with van der Waals surface area (Å²) < 4.78 is 23.8. The molecule has 1 heterocycles. The van der Waals surface area contributed by atoms with Crippen molar-refractivity contribution in [3.05, 3.63) is 52.7 Å². The molecule has 0 spiro atoms. The average Bonchev–Trinajstić information content (AvgIpc) is 2.91. The van der Waals surface area contributed by atoms with Gasteiger partial charge in [0.05, 0.1) is 15.5 Å². The summed E-state index contributed by atoms with van der Waals surface area (Å²) in [6.07, 6.45) is 0. The second-order valence-corrected chi connectivity index (χ2v) is 6.19. The van der Waals surface area contributed by atoms with Gasteiger partial charge in [-0.1, -0.05) is 24.3 Å². The molecule has 0 unspecified atom stereocenters. The Morgan fingerprint density at radius 1 is 1.17 bits per heavy atom. The first-order valence-corrected chi connectivity index (χ1v) is 7.61. The maximum Gasteiger partial charge on any atom is 0.276 e. The summed E-state index contributed by atoms with van der Waals surface area (Å²) >= 11 is 1.51. The molecule has 18 heavy (non-hydrogen) atoms. The lowest BCUT2D eigenvalue weighted by molar-refractivity contribution is 0.584. The van der Waals surface area contributed by atoms with Crippen LogP contribution in [0.1, 0.15) is 11.8 Å². The molecular formula is C12H12N2O2S2. The highest BCUT2D eigenvalue weighted by Crippen LogP contribution is 2.11. The largest absolute Gasteiger partial charge is 0.276 e. The second-order valence-electron chi connectivity index (χ2n) is 3.58. The van der Waals surface area contributed by atoms with Crippen LogP contribution in [0.4, 0.5) is 0 Å². The first-order chi connectivity index (χ1) is 8.59. The summed E-state index contributed by atoms with van der Waals surface area (Å²) in [5.41, 5.74) is 0.643. The molecule has 0 radical (unpaired) electrons. The van der Waals surface area contributed by atoms with Gasteiger partial charge in [-0.25, -0.2) is 0 Å². The van der Waals surface area contributed by atoms with Crippen LogP contribution in [0.15, 0.2) is 57.8 Å². The van der Waals surface area contributed by atoms with Crippen LogP contribution < -0.4 is 4.83 Å². The lowest BCUT2D eigenvalue weighted by Crippen LogP contribution is -2.19. The minimum absolute atomic E-state index is 0.202. The first-order valence-electron chi connectivity index (χ1n) is 5.24. The van der Waals surface area contributed by atoms with Crippen molar-refractivity contribution in [1.29, 1.82) is 0 Å². The fourth-order valence-electron chi connectivity index (χ4n) is 1.32. The molecular weight excluding hydrogens is 268 g/mol. The molecule has 2 rings (SSSR count). The van der Waals surface area contributed by atoms with E-state index in [4.69, 9.17) is 0 Å². The number of benzene rings is 1. The molecule has 0 amide bonds. The molecule has 0 saturated carbocycles. The molecule has 0 aliphatic carbocycles. The van der Waals surface area contributed by atoms with Gasteiger partial charge in [0.15, 0.2) is 0 Å². The topological polar surface area (TPSA) is 58.5 Å². The summed E-state index contributed by atoms with van der Waals surface area (Å²) in [7, 11) is -3.58. The number of thiophene rings is 1. The van der Waals surface area contributed by atoms with Crippen LogP contribution in [0, 0.1) is 0 Å². The van der Waals surface area contributed by atoms with E-state index in [9.17, 15) is 8.42 Å². The summed E-state index contributed by atoms with van der Waals surface area (Å²) in [5, 5.41) is 5.82. The Morgan fingerprint density at radius 3 is 2.50 bits per heavy atom. The molecule has 0 bridgehead atoms. The maximum absolute atomic E-state index is 11.9. The zero-order valence-corrected chi connectivity index (χ0v) is 11.3. The zero-order valence-electron chi connectivity index (χ0n) is 9.70. The molecule has 0 atom stereocenters. The van der Waals surface area contributed by atoms with Gasteiger partial charge in [-0.2, -0.15) is 18.4 Å². The monoisotopic (exact) mass is 280 g/mol. The van der Waals surface area contributed by atoms with Gasteiger partial charge in [0.2, 0.25) is 0 Å². The number of sulfonamides is 1. The normalized spacial score (nSPS) is 12.4. The molecule has 6 heteroatoms. The number of hydrogen-bond acceptors (Lipinski definition) is 4. The smallest absolute Gasteiger partial charge is 0.200 e. The van der Waals surface area contributed by atoms with Crippen LogP contribution in [0.3, 0.4) is 0 Å². The van der Waals surface area contributed by atoms with Crippen molar-refractivity contribution < 1.29 is 8.42 Å². The quantitative estimate of drug-likeness (QED) is 0.691. The molecule has 1 N–H and O–H groups in total. The Bertz CT molecular complexity index is 632. The third kappa shape index (κ3) is 2.96. The van der Waals surface area contributed by atoms with Gasteiger partial charge in [-0.15, -0.1) is 11.3 Å². The Kier molecular flexibility index (Phi) is 3.78. The van der Waals surface area contributed by atoms with E-state index in [1.165, 1.54) is 23.5 Å². The fourth-order valence-corrected chi connectivity index (χ4v) is 2.88. The highest BCUT2D eigenvalue weighted by atomic mass is 32.2. The zero-order chi connectivity index (χ0) is 13.0. The highest BCUT2D eigenvalue weighted by Gasteiger charge is 2.11. The summed E-state index contributed by atoms with van der Waals surface area (Å²) in [5.74, 6) is 0. The minimum Gasteiger partial charge on any atom is -0.200 e. The van der Waals surface area contributed by atoms with Crippen LogP contribution in [-0.2, 0) is 10.0 Å². The van der Waals surface area contributed by atoms with E-state index >= 15 is 0 Å². The van der Waals surface area contributed by atoms with Crippen molar-refractivity contribution >= 4 is 27.1 Å². The molecule has 1 aromatic carbocycles. The van der Waals surface area contributed by atoms with Gasteiger partial charge >= 0.3 is 0 Å². The molecule has 1 aromatic heterocycles. The lowest BCUT2D eigenvalue weighted by atomic mass is 10.3. The summed E-state index contributed by atoms with van der Waals surface area (Å²) in [6.45, 7) is 1.76. The molecule has 0 aliphatic rings. The molecule has 0 fully saturated rings. The molecule has 0 aliphatic heterocycles. The van der Waals surface area contributed by atoms with Crippen LogP contribution in [0.5, 0.6) is 0 Å². The van der Waals surface area contributed by atoms with Gasteiger partial charge in [-0.05, 0) is 30.5 Å². The van der Waals surface area contributed by atoms with E-state index in [2.05, 4.69) is 9.93 Å². The van der Waals surface area contributed by atoms with E-state index in [1.54, 1.807) is 25.1 Å². The van der Waals surface area contributed by atoms with Crippen molar-refractivity contribution in [2.45, 2.75) is 11.8 Å². The molecule has 4 nitrogen and oxygen atoms in total. The summed E-state index contributed by atoms with van der Waals surface area (Å²) in [4.78, 5) is 3.37. The summed E-state index contributed by atoms with van der Waals surface area (Å²) in [6, 6.07) is 11.9. The standard InChI is InChI=1S/C12H12N2O2S2/c1-10(12-8-5-9-17-12)13-14-18(15,16)11-6-3-2-4-7-11/h2-9,14H,1H3/b13-10+. The van der Waals surface area contributed by atoms with Gasteiger partial charge in [0.1, 0.15) is 0 Å². The Hall–Kier alpha value is -1.66. The van der Waals surface area contributed by atoms with Gasteiger partial charge in [0.25, 0.3) is 10.0 Å². The average molecular weight is 280 g/mol. The van der Waals surface area contributed by atoms with Gasteiger partial charge < -0.3 is 0 Å². The third-order valence-electron chi connectivity index (χ3n) is 2.26. The van der Waals surface area contributed by atoms with E-state index in [1.807, 2.05) is 17.5 Å². The van der Waals surface area contributed by atoms with E-state index in [-0.39, 0.29) is 4.90 Å². The highest BCUT2D eigenvalue weighted by molar-refractivity contribution is 7.89. The SMILES string of the molecule is C/C(=N\NS(=O)(=O)c1ccccc1)c1cccs1. The van der Waals surface area contributed by atoms with Crippen molar-refractivity contribution in [2.24, 2.45) is 5.10 Å². The lowest BCUT2D eigenvalue weighted by Gasteiger charge is -2.03. The molecule has 94 valence electrons. The van der Waals surface area contributed by atoms with E-state index in [0.29, 0.717) is 5.71 Å². The van der Waals surface area contributed by atoms with E-state index in [0.717, 1.165) is 4.88 Å². The fraction of sp³-hybridized carbons (Fsp3) is 0.0833. The molecule has 0 saturated heterocycles. The molecule has 2 aromatic rings. The Labute approximate surface area is 110 Å². The van der Waals surface area contributed by atoms with Crippen molar-refractivity contribution in [3.63, 3.8) is 0 Å². The van der Waals surface area contributed by atoms with Crippen LogP contribution in [0.2, 0.25) is 0 Å². The van der Waals surface area contributed by atoms with Crippen molar-refractivity contribution in [1.82, 2.24) is 4.83 Å². The number of rotatable bonds is 4. The van der Waals surface area contributed by atoms with Crippen molar-refractivity contribution in [2.75, 3.05) is 0 Å². The Morgan fingerprint density at radius 2 is 1.89 bits per heavy atom. The van der Waals surface area contributed by atoms with Crippen LogP contribution in [0.25, 0.3) is 0 Å². The maximum atomic E-state index is 11.9. The first kappa shape index (κ1) is 12.8. The van der Waals surface area contributed by atoms with Crippen molar-refractivity contribution in [3.8, 4) is 0 Å². The van der Waals surface area contributed by atoms with Gasteiger partial charge in [-0.3, -0.25) is 0 Å². The predicted molar refractivity (Wildman–Crippen MR) is 73.3 cm³/mol. The number of nitrogens with one attached hydrogen (secondary N) is 1. The Balaban J connectivity index is 2.18. The number of hydrogen-bond donors (Lipinski definition) is 1. The number of nitrogens with zero attached hydrogens (tertiary/aromatic N) is 1. The minimum atomic E-state index is -3.58. The van der Waals surface area contributed by atoms with Gasteiger partial charge in [0, 0.05) is 0 Å². The predicted octanol–water partition coefficient (Wildman–Crippen LogP) is 2.45.